The van der Waals surface area contributed by atoms with Crippen molar-refractivity contribution >= 4 is 10.1 Å². The quantitative estimate of drug-likeness (QED) is 0.649. The Morgan fingerprint density at radius 2 is 1.70 bits per heavy atom. The molecule has 2 rings (SSSR count). The molecule has 0 spiro atoms. The number of aryl methyl sites for hydroxylation is 3. The van der Waals surface area contributed by atoms with Gasteiger partial charge in [0.25, 0.3) is 0 Å². The number of rotatable bonds is 3. The van der Waals surface area contributed by atoms with Crippen LogP contribution in [0.3, 0.4) is 0 Å². The number of hydrogen-bond acceptors (Lipinski definition) is 5. The molecule has 1 aromatic carbocycles. The third-order valence-electron chi connectivity index (χ3n) is 4.60. The van der Waals surface area contributed by atoms with Crippen LogP contribution in [0.25, 0.3) is 0 Å². The predicted octanol–water partition coefficient (Wildman–Crippen LogP) is 2.04. The van der Waals surface area contributed by atoms with Crippen molar-refractivity contribution in [3.63, 3.8) is 0 Å². The molecule has 0 saturated carbocycles. The van der Waals surface area contributed by atoms with Crippen LogP contribution in [0, 0.1) is 20.8 Å². The van der Waals surface area contributed by atoms with Gasteiger partial charge in [-0.15, -0.1) is 5.84 Å². The average molecular weight is 342 g/mol. The summed E-state index contributed by atoms with van der Waals surface area (Å²) in [5.41, 5.74) is 2.37. The number of nitrogens with zero attached hydrogens (tertiary/aromatic N) is 1. The Bertz CT molecular complexity index is 668. The first-order valence-corrected chi connectivity index (χ1v) is 9.35. The molecule has 23 heavy (non-hydrogen) atoms. The topological polar surface area (TPSA) is 81.4 Å². The van der Waals surface area contributed by atoms with E-state index in [2.05, 4.69) is 12.2 Å². The van der Waals surface area contributed by atoms with Gasteiger partial charge in [0.05, 0.1) is 0 Å². The number of hydrogen-bond donors (Lipinski definition) is 2. The van der Waals surface area contributed by atoms with Crippen LogP contribution in [-0.2, 0) is 14.4 Å². The van der Waals surface area contributed by atoms with Crippen molar-refractivity contribution in [2.75, 3.05) is 0 Å². The summed E-state index contributed by atoms with van der Waals surface area (Å²) in [5.74, 6) is 6.34. The largest absolute Gasteiger partial charge is 0.345 e. The van der Waals surface area contributed by atoms with Crippen molar-refractivity contribution in [1.29, 1.82) is 0 Å². The molecule has 3 N–H and O–H groups in total. The van der Waals surface area contributed by atoms with E-state index in [1.807, 2.05) is 32.9 Å². The summed E-state index contributed by atoms with van der Waals surface area (Å²) >= 11 is 0. The number of benzene rings is 1. The highest BCUT2D eigenvalue weighted by molar-refractivity contribution is 7.86. The Morgan fingerprint density at radius 3 is 2.17 bits per heavy atom. The lowest BCUT2D eigenvalue weighted by atomic mass is 10.1. The fraction of sp³-hybridized carbons (Fsp3) is 0.625. The Labute approximate surface area is 139 Å². The normalized spacial score (nSPS) is 32.0. The first-order valence-electron chi connectivity index (χ1n) is 7.94. The first kappa shape index (κ1) is 18.4. The third-order valence-corrected chi connectivity index (χ3v) is 6.19. The van der Waals surface area contributed by atoms with Crippen molar-refractivity contribution < 1.29 is 17.5 Å². The zero-order valence-corrected chi connectivity index (χ0v) is 15.6. The zero-order chi connectivity index (χ0) is 17.6. The summed E-state index contributed by atoms with van der Waals surface area (Å²) in [6.07, 6.45) is 0.414. The smallest absolute Gasteiger partial charge is 0.261 e. The van der Waals surface area contributed by atoms with Crippen molar-refractivity contribution in [2.45, 2.75) is 71.1 Å². The van der Waals surface area contributed by atoms with Gasteiger partial charge in [-0.3, -0.25) is 5.32 Å². The van der Waals surface area contributed by atoms with Gasteiger partial charge in [0.15, 0.2) is 6.17 Å². The van der Waals surface area contributed by atoms with Crippen LogP contribution in [0.2, 0.25) is 0 Å². The molecule has 4 atom stereocenters. The number of nitrogens with two attached hydrogens (primary N) is 1. The predicted molar refractivity (Wildman–Crippen MR) is 89.5 cm³/mol. The average Bonchev–Trinajstić information content (AvgIpc) is 2.33. The highest BCUT2D eigenvalue weighted by Crippen LogP contribution is 2.30. The van der Waals surface area contributed by atoms with Gasteiger partial charge in [-0.1, -0.05) is 22.5 Å². The lowest BCUT2D eigenvalue weighted by molar-refractivity contribution is -1.13. The summed E-state index contributed by atoms with van der Waals surface area (Å²) in [6.45, 7) is 11.3. The Kier molecular flexibility index (Phi) is 4.90. The van der Waals surface area contributed by atoms with Crippen LogP contribution in [0.5, 0.6) is 0 Å². The molecule has 1 saturated heterocycles. The summed E-state index contributed by atoms with van der Waals surface area (Å²) in [6, 6.07) is 3.81. The Morgan fingerprint density at radius 1 is 1.17 bits per heavy atom. The van der Waals surface area contributed by atoms with Crippen molar-refractivity contribution in [1.82, 2.24) is 5.32 Å². The molecule has 4 unspecified atom stereocenters. The van der Waals surface area contributed by atoms with Gasteiger partial charge in [-0.2, -0.15) is 8.42 Å². The van der Waals surface area contributed by atoms with Gasteiger partial charge in [0, 0.05) is 19.4 Å². The lowest BCUT2D eigenvalue weighted by Crippen LogP contribution is -2.73. The summed E-state index contributed by atoms with van der Waals surface area (Å²) in [7, 11) is -3.97. The van der Waals surface area contributed by atoms with Crippen molar-refractivity contribution in [2.24, 2.45) is 5.84 Å². The molecular formula is C16H28N3O3S+. The third kappa shape index (κ3) is 3.44. The van der Waals surface area contributed by atoms with E-state index >= 15 is 0 Å². The fourth-order valence-electron chi connectivity index (χ4n) is 3.56. The van der Waals surface area contributed by atoms with Crippen molar-refractivity contribution in [3.05, 3.63) is 28.8 Å². The van der Waals surface area contributed by atoms with E-state index in [4.69, 9.17) is 10.1 Å². The molecule has 0 aliphatic carbocycles. The first-order chi connectivity index (χ1) is 10.5. The number of hydroxylamine groups is 2. The van der Waals surface area contributed by atoms with E-state index < -0.39 is 14.9 Å². The molecule has 0 bridgehead atoms. The molecule has 7 heteroatoms. The molecule has 1 aromatic rings. The fourth-order valence-corrected chi connectivity index (χ4v) is 5.16. The highest BCUT2D eigenvalue weighted by atomic mass is 32.2. The molecule has 1 aliphatic rings. The summed E-state index contributed by atoms with van der Waals surface area (Å²) < 4.78 is 30.8. The van der Waals surface area contributed by atoms with Crippen LogP contribution in [0.1, 0.15) is 43.9 Å². The second-order valence-corrected chi connectivity index (χ2v) is 8.31. The van der Waals surface area contributed by atoms with E-state index in [-0.39, 0.29) is 23.1 Å². The minimum Gasteiger partial charge on any atom is -0.261 e. The molecular weight excluding hydrogens is 314 g/mol. The second kappa shape index (κ2) is 6.14. The SMILES string of the molecule is Cc1cc(C)c(S(=O)(=O)O[N+]2(N)C(C)CC(C)NC2C)c(C)c1. The van der Waals surface area contributed by atoms with Gasteiger partial charge in [-0.25, -0.2) is 0 Å². The molecule has 130 valence electrons. The van der Waals surface area contributed by atoms with Gasteiger partial charge in [-0.05, 0) is 50.0 Å². The van der Waals surface area contributed by atoms with Gasteiger partial charge in [0.1, 0.15) is 10.9 Å². The molecule has 0 amide bonds. The van der Waals surface area contributed by atoms with Gasteiger partial charge in [0.2, 0.25) is 0 Å². The minimum atomic E-state index is -3.97. The van der Waals surface area contributed by atoms with Gasteiger partial charge < -0.3 is 0 Å². The molecule has 6 nitrogen and oxygen atoms in total. The molecule has 1 fully saturated rings. The molecule has 1 heterocycles. The van der Waals surface area contributed by atoms with E-state index in [0.29, 0.717) is 11.1 Å². The molecule has 1 aliphatic heterocycles. The van der Waals surface area contributed by atoms with Crippen LogP contribution in [-0.4, -0.2) is 31.4 Å². The lowest BCUT2D eigenvalue weighted by Gasteiger charge is -2.44. The number of quaternary nitrogens is 1. The zero-order valence-electron chi connectivity index (χ0n) is 14.8. The van der Waals surface area contributed by atoms with Crippen LogP contribution in [0.4, 0.5) is 0 Å². The monoisotopic (exact) mass is 342 g/mol. The minimum absolute atomic E-state index is 0.137. The van der Waals surface area contributed by atoms with E-state index in [9.17, 15) is 8.42 Å². The van der Waals surface area contributed by atoms with Crippen LogP contribution >= 0.6 is 0 Å². The van der Waals surface area contributed by atoms with E-state index in [0.717, 1.165) is 12.0 Å². The molecule has 0 radical (unpaired) electrons. The second-order valence-electron chi connectivity index (χ2n) is 6.85. The van der Waals surface area contributed by atoms with Crippen LogP contribution < -0.4 is 11.2 Å². The maximum atomic E-state index is 12.9. The Hall–Kier alpha value is -0.990. The Balaban J connectivity index is 2.42. The standard InChI is InChI=1S/C16H28N3O3S/c1-10-7-11(2)16(12(3)8-10)23(20,21)22-19(17)14(5)9-13(4)18-15(19)6/h7-8,13-15,18H,9,17H2,1-6H3/q+1. The highest BCUT2D eigenvalue weighted by Gasteiger charge is 2.48. The van der Waals surface area contributed by atoms with E-state index in [1.165, 1.54) is 0 Å². The summed E-state index contributed by atoms with van der Waals surface area (Å²) in [5, 5.41) is 3.27. The van der Waals surface area contributed by atoms with Crippen LogP contribution in [0.15, 0.2) is 17.0 Å². The van der Waals surface area contributed by atoms with Gasteiger partial charge >= 0.3 is 10.1 Å². The van der Waals surface area contributed by atoms with E-state index in [1.54, 1.807) is 13.8 Å². The molecule has 0 aromatic heterocycles. The maximum Gasteiger partial charge on any atom is 0.345 e. The van der Waals surface area contributed by atoms with Crippen molar-refractivity contribution in [3.8, 4) is 0 Å². The number of nitrogens with one attached hydrogen (secondary N) is 1. The maximum absolute atomic E-state index is 12.9. The summed E-state index contributed by atoms with van der Waals surface area (Å²) in [4.78, 5) is 0.212.